The second kappa shape index (κ2) is 7.73. The van der Waals surface area contributed by atoms with Crippen molar-refractivity contribution in [3.63, 3.8) is 0 Å². The van der Waals surface area contributed by atoms with Crippen molar-refractivity contribution in [1.29, 1.82) is 0 Å². The Bertz CT molecular complexity index is 426. The first-order valence-corrected chi connectivity index (χ1v) is 6.50. The number of amides is 1. The Labute approximate surface area is 117 Å². The van der Waals surface area contributed by atoms with E-state index in [2.05, 4.69) is 25.6 Å². The molecule has 0 aliphatic carbocycles. The zero-order valence-electron chi connectivity index (χ0n) is 11.4. The molecule has 0 fully saturated rings. The van der Waals surface area contributed by atoms with Crippen LogP contribution in [-0.4, -0.2) is 52.9 Å². The number of nitrogens with zero attached hydrogens (tertiary/aromatic N) is 4. The summed E-state index contributed by atoms with van der Waals surface area (Å²) in [4.78, 5) is 25.0. The van der Waals surface area contributed by atoms with Gasteiger partial charge in [-0.3, -0.25) is 4.79 Å². The van der Waals surface area contributed by atoms with Gasteiger partial charge in [0.1, 0.15) is 0 Å². The van der Waals surface area contributed by atoms with E-state index in [1.807, 2.05) is 6.92 Å². The molecule has 0 aliphatic rings. The molecule has 0 aromatic carbocycles. The van der Waals surface area contributed by atoms with Crippen molar-refractivity contribution in [3.8, 4) is 0 Å². The Kier molecular flexibility index (Phi) is 6.27. The maximum absolute atomic E-state index is 11.4. The summed E-state index contributed by atoms with van der Waals surface area (Å²) in [5.41, 5.74) is 0. The first kappa shape index (κ1) is 15.4. The van der Waals surface area contributed by atoms with Gasteiger partial charge in [0.25, 0.3) is 0 Å². The number of nitrogens with one attached hydrogen (secondary N) is 2. The van der Waals surface area contributed by atoms with Crippen molar-refractivity contribution in [2.45, 2.75) is 19.8 Å². The lowest BCUT2D eigenvalue weighted by atomic mass is 10.4. The second-order valence-electron chi connectivity index (χ2n) is 4.14. The van der Waals surface area contributed by atoms with Crippen LogP contribution in [0, 0.1) is 0 Å². The van der Waals surface area contributed by atoms with Crippen LogP contribution in [0.5, 0.6) is 0 Å². The van der Waals surface area contributed by atoms with Crippen molar-refractivity contribution < 1.29 is 4.79 Å². The number of anilines is 2. The fourth-order valence-electron chi connectivity index (χ4n) is 1.25. The van der Waals surface area contributed by atoms with Gasteiger partial charge in [-0.15, -0.1) is 0 Å². The molecular formula is C11H19ClN6O. The second-order valence-corrected chi connectivity index (χ2v) is 4.48. The Morgan fingerprint density at radius 2 is 1.74 bits per heavy atom. The minimum absolute atomic E-state index is 0.0389. The van der Waals surface area contributed by atoms with E-state index >= 15 is 0 Å². The lowest BCUT2D eigenvalue weighted by Gasteiger charge is -2.11. The first-order chi connectivity index (χ1) is 9.02. The fraction of sp³-hybridized carbons (Fsp3) is 0.636. The molecule has 19 heavy (non-hydrogen) atoms. The minimum atomic E-state index is 0.0389. The molecule has 1 aromatic rings. The predicted molar refractivity (Wildman–Crippen MR) is 75.4 cm³/mol. The van der Waals surface area contributed by atoms with E-state index in [0.717, 1.165) is 13.0 Å². The third-order valence-corrected chi connectivity index (χ3v) is 2.43. The molecule has 0 spiro atoms. The Hall–Kier alpha value is -1.63. The topological polar surface area (TPSA) is 83.0 Å². The maximum atomic E-state index is 11.4. The molecule has 8 heteroatoms. The minimum Gasteiger partial charge on any atom is -0.354 e. The average Bonchev–Trinajstić information content (AvgIpc) is 2.35. The van der Waals surface area contributed by atoms with Gasteiger partial charge in [0.2, 0.25) is 23.1 Å². The largest absolute Gasteiger partial charge is 0.354 e. The van der Waals surface area contributed by atoms with Crippen LogP contribution >= 0.6 is 11.6 Å². The van der Waals surface area contributed by atoms with Gasteiger partial charge < -0.3 is 15.5 Å². The predicted octanol–water partition coefficient (Wildman–Crippen LogP) is 1.24. The van der Waals surface area contributed by atoms with Crippen LogP contribution < -0.4 is 10.6 Å². The monoisotopic (exact) mass is 286 g/mol. The molecule has 0 atom stereocenters. The molecule has 2 N–H and O–H groups in total. The van der Waals surface area contributed by atoms with Gasteiger partial charge in [-0.05, 0) is 18.0 Å². The van der Waals surface area contributed by atoms with E-state index in [1.165, 1.54) is 4.90 Å². The Balaban J connectivity index is 2.53. The molecule has 0 unspecified atom stereocenters. The number of carbonyl (C=O) groups excluding carboxylic acids is 1. The maximum Gasteiger partial charge on any atom is 0.228 e. The first-order valence-electron chi connectivity index (χ1n) is 6.12. The van der Waals surface area contributed by atoms with Crippen LogP contribution in [0.15, 0.2) is 0 Å². The van der Waals surface area contributed by atoms with Crippen molar-refractivity contribution in [3.05, 3.63) is 5.28 Å². The van der Waals surface area contributed by atoms with Gasteiger partial charge in [0.15, 0.2) is 0 Å². The molecule has 0 saturated heterocycles. The molecular weight excluding hydrogens is 268 g/mol. The number of aromatic nitrogens is 3. The molecule has 0 saturated carbocycles. The summed E-state index contributed by atoms with van der Waals surface area (Å²) in [5, 5.41) is 6.11. The van der Waals surface area contributed by atoms with Crippen LogP contribution in [0.25, 0.3) is 0 Å². The summed E-state index contributed by atoms with van der Waals surface area (Å²) < 4.78 is 0. The number of rotatable bonds is 7. The fourth-order valence-corrected chi connectivity index (χ4v) is 1.41. The molecule has 0 aliphatic heterocycles. The highest BCUT2D eigenvalue weighted by atomic mass is 35.5. The normalized spacial score (nSPS) is 10.1. The van der Waals surface area contributed by atoms with E-state index in [-0.39, 0.29) is 11.2 Å². The quantitative estimate of drug-likeness (QED) is 0.785. The summed E-state index contributed by atoms with van der Waals surface area (Å²) in [6.07, 6.45) is 1.33. The summed E-state index contributed by atoms with van der Waals surface area (Å²) in [5.74, 6) is 0.838. The van der Waals surface area contributed by atoms with E-state index in [1.54, 1.807) is 14.1 Å². The van der Waals surface area contributed by atoms with Gasteiger partial charge >= 0.3 is 0 Å². The molecule has 7 nitrogen and oxygen atoms in total. The number of hydrogen-bond acceptors (Lipinski definition) is 6. The van der Waals surface area contributed by atoms with Gasteiger partial charge in [0.05, 0.1) is 0 Å². The third kappa shape index (κ3) is 5.69. The highest BCUT2D eigenvalue weighted by Crippen LogP contribution is 2.09. The molecule has 106 valence electrons. The van der Waals surface area contributed by atoms with Gasteiger partial charge in [-0.1, -0.05) is 6.92 Å². The van der Waals surface area contributed by atoms with E-state index < -0.39 is 0 Å². The standard InChI is InChI=1S/C11H19ClN6O/c1-4-6-13-10-15-9(12)16-11(17-10)14-7-5-8(19)18(2)3/h4-7H2,1-3H3,(H2,13,14,15,16,17). The lowest BCUT2D eigenvalue weighted by Crippen LogP contribution is -2.24. The highest BCUT2D eigenvalue weighted by molar-refractivity contribution is 6.28. The van der Waals surface area contributed by atoms with Gasteiger partial charge in [-0.25, -0.2) is 0 Å². The van der Waals surface area contributed by atoms with Crippen LogP contribution in [-0.2, 0) is 4.79 Å². The lowest BCUT2D eigenvalue weighted by molar-refractivity contribution is -0.128. The number of carbonyl (C=O) groups is 1. The van der Waals surface area contributed by atoms with Crippen LogP contribution in [0.1, 0.15) is 19.8 Å². The van der Waals surface area contributed by atoms with Crippen molar-refractivity contribution in [2.24, 2.45) is 0 Å². The summed E-state index contributed by atoms with van der Waals surface area (Å²) in [6.45, 7) is 3.26. The van der Waals surface area contributed by atoms with Crippen LogP contribution in [0.3, 0.4) is 0 Å². The third-order valence-electron chi connectivity index (χ3n) is 2.26. The van der Waals surface area contributed by atoms with E-state index in [9.17, 15) is 4.79 Å². The molecule has 1 rings (SSSR count). The number of halogens is 1. The Morgan fingerprint density at radius 1 is 1.16 bits per heavy atom. The molecule has 1 heterocycles. The van der Waals surface area contributed by atoms with E-state index in [4.69, 9.17) is 11.6 Å². The summed E-state index contributed by atoms with van der Waals surface area (Å²) in [6, 6.07) is 0. The summed E-state index contributed by atoms with van der Waals surface area (Å²) >= 11 is 5.80. The average molecular weight is 287 g/mol. The van der Waals surface area contributed by atoms with Gasteiger partial charge in [0, 0.05) is 33.6 Å². The Morgan fingerprint density at radius 3 is 2.26 bits per heavy atom. The van der Waals surface area contributed by atoms with E-state index in [0.29, 0.717) is 24.9 Å². The molecule has 0 radical (unpaired) electrons. The molecule has 0 bridgehead atoms. The summed E-state index contributed by atoms with van der Waals surface area (Å²) in [7, 11) is 3.43. The zero-order chi connectivity index (χ0) is 14.3. The van der Waals surface area contributed by atoms with Crippen molar-refractivity contribution in [2.75, 3.05) is 37.8 Å². The zero-order valence-corrected chi connectivity index (χ0v) is 12.2. The van der Waals surface area contributed by atoms with Crippen molar-refractivity contribution in [1.82, 2.24) is 19.9 Å². The van der Waals surface area contributed by atoms with Crippen LogP contribution in [0.4, 0.5) is 11.9 Å². The van der Waals surface area contributed by atoms with Crippen LogP contribution in [0.2, 0.25) is 5.28 Å². The van der Waals surface area contributed by atoms with Gasteiger partial charge in [-0.2, -0.15) is 15.0 Å². The SMILES string of the molecule is CCCNc1nc(Cl)nc(NCCC(=O)N(C)C)n1. The molecule has 1 amide bonds. The van der Waals surface area contributed by atoms with Crippen molar-refractivity contribution >= 4 is 29.4 Å². The molecule has 1 aromatic heterocycles. The smallest absolute Gasteiger partial charge is 0.228 e. The number of hydrogen-bond donors (Lipinski definition) is 2. The highest BCUT2D eigenvalue weighted by Gasteiger charge is 2.06.